The molecule has 0 saturated heterocycles. The van der Waals surface area contributed by atoms with Crippen LogP contribution in [0.25, 0.3) is 0 Å². The molecule has 0 radical (unpaired) electrons. The molecule has 0 bridgehead atoms. The monoisotopic (exact) mass is 316 g/mol. The van der Waals surface area contributed by atoms with Crippen LogP contribution < -0.4 is 5.32 Å². The minimum Gasteiger partial charge on any atom is -0.395 e. The smallest absolute Gasteiger partial charge is 0.252 e. The van der Waals surface area contributed by atoms with Crippen LogP contribution in [0.4, 0.5) is 0 Å². The third kappa shape index (κ3) is 3.89. The topological polar surface area (TPSA) is 69.6 Å². The molecule has 0 atom stereocenters. The van der Waals surface area contributed by atoms with Gasteiger partial charge >= 0.3 is 0 Å². The second-order valence-corrected chi connectivity index (χ2v) is 8.08. The normalized spacial score (nSPS) is 15.7. The maximum absolute atomic E-state index is 12.4. The van der Waals surface area contributed by atoms with E-state index < -0.39 is 10.0 Å². The summed E-state index contributed by atoms with van der Waals surface area (Å²) in [5.41, 5.74) is 0. The molecular formula is C13H20N2O3S2. The lowest BCUT2D eigenvalue weighted by Gasteiger charge is -2.18. The van der Waals surface area contributed by atoms with Gasteiger partial charge in [-0.15, -0.1) is 17.9 Å². The molecule has 20 heavy (non-hydrogen) atoms. The van der Waals surface area contributed by atoms with E-state index in [9.17, 15) is 8.42 Å². The highest BCUT2D eigenvalue weighted by atomic mass is 32.2. The van der Waals surface area contributed by atoms with Gasteiger partial charge in [0.25, 0.3) is 10.0 Å². The van der Waals surface area contributed by atoms with Crippen LogP contribution in [-0.4, -0.2) is 43.6 Å². The average molecular weight is 316 g/mol. The standard InChI is InChI=1S/C13H20N2O3S2/c1-2-7-15(8-9-16)20(17,18)13-6-5-12(19-13)10-14-11-3-4-11/h2,5-6,11,14,16H,1,3-4,7-10H2. The van der Waals surface area contributed by atoms with E-state index in [1.807, 2.05) is 6.07 Å². The molecule has 112 valence electrons. The lowest BCUT2D eigenvalue weighted by molar-refractivity contribution is 0.260. The van der Waals surface area contributed by atoms with Crippen molar-refractivity contribution in [1.82, 2.24) is 9.62 Å². The van der Waals surface area contributed by atoms with Crippen LogP contribution in [0.2, 0.25) is 0 Å². The number of aliphatic hydroxyl groups is 1. The predicted octanol–water partition coefficient (Wildman–Crippen LogP) is 1.17. The van der Waals surface area contributed by atoms with Crippen molar-refractivity contribution in [1.29, 1.82) is 0 Å². The van der Waals surface area contributed by atoms with Crippen LogP contribution in [0, 0.1) is 0 Å². The molecule has 1 saturated carbocycles. The molecule has 0 amide bonds. The fourth-order valence-electron chi connectivity index (χ4n) is 1.82. The van der Waals surface area contributed by atoms with Gasteiger partial charge < -0.3 is 10.4 Å². The Labute approximate surface area is 124 Å². The number of aliphatic hydroxyl groups excluding tert-OH is 1. The summed E-state index contributed by atoms with van der Waals surface area (Å²) >= 11 is 1.28. The summed E-state index contributed by atoms with van der Waals surface area (Å²) in [5, 5.41) is 12.3. The van der Waals surface area contributed by atoms with Crippen LogP contribution in [0.5, 0.6) is 0 Å². The zero-order chi connectivity index (χ0) is 14.6. The molecule has 1 aromatic rings. The lowest BCUT2D eigenvalue weighted by Crippen LogP contribution is -2.33. The number of nitrogens with zero attached hydrogens (tertiary/aromatic N) is 1. The SMILES string of the molecule is C=CCN(CCO)S(=O)(=O)c1ccc(CNC2CC2)s1. The van der Waals surface area contributed by atoms with Gasteiger partial charge in [-0.1, -0.05) is 6.08 Å². The van der Waals surface area contributed by atoms with Crippen molar-refractivity contribution in [2.75, 3.05) is 19.7 Å². The van der Waals surface area contributed by atoms with Crippen LogP contribution in [0.3, 0.4) is 0 Å². The second-order valence-electron chi connectivity index (χ2n) is 4.75. The molecule has 2 rings (SSSR count). The van der Waals surface area contributed by atoms with Gasteiger partial charge in [-0.3, -0.25) is 0 Å². The molecule has 2 N–H and O–H groups in total. The quantitative estimate of drug-likeness (QED) is 0.671. The molecule has 1 heterocycles. The fourth-order valence-corrected chi connectivity index (χ4v) is 4.68. The zero-order valence-electron chi connectivity index (χ0n) is 11.3. The fraction of sp³-hybridized carbons (Fsp3) is 0.538. The molecule has 1 aliphatic rings. The number of nitrogens with one attached hydrogen (secondary N) is 1. The minimum atomic E-state index is -3.53. The summed E-state index contributed by atoms with van der Waals surface area (Å²) in [7, 11) is -3.53. The first kappa shape index (κ1) is 15.7. The average Bonchev–Trinajstić information content (AvgIpc) is 3.12. The van der Waals surface area contributed by atoms with Crippen molar-refractivity contribution in [3.63, 3.8) is 0 Å². The Bertz CT molecular complexity index is 550. The van der Waals surface area contributed by atoms with E-state index in [-0.39, 0.29) is 19.7 Å². The van der Waals surface area contributed by atoms with Gasteiger partial charge in [0, 0.05) is 30.6 Å². The van der Waals surface area contributed by atoms with Gasteiger partial charge in [0.1, 0.15) is 4.21 Å². The van der Waals surface area contributed by atoms with E-state index in [0.29, 0.717) is 16.8 Å². The van der Waals surface area contributed by atoms with Crippen molar-refractivity contribution in [2.45, 2.75) is 29.6 Å². The van der Waals surface area contributed by atoms with Gasteiger partial charge in [0.05, 0.1) is 6.61 Å². The predicted molar refractivity (Wildman–Crippen MR) is 80.2 cm³/mol. The van der Waals surface area contributed by atoms with E-state index in [1.54, 1.807) is 6.07 Å². The Kier molecular flexibility index (Phi) is 5.34. The number of thiophene rings is 1. The van der Waals surface area contributed by atoms with Crippen molar-refractivity contribution in [3.05, 3.63) is 29.7 Å². The zero-order valence-corrected chi connectivity index (χ0v) is 12.9. The van der Waals surface area contributed by atoms with Crippen molar-refractivity contribution in [2.24, 2.45) is 0 Å². The van der Waals surface area contributed by atoms with E-state index in [1.165, 1.54) is 34.6 Å². The van der Waals surface area contributed by atoms with Crippen molar-refractivity contribution < 1.29 is 13.5 Å². The van der Waals surface area contributed by atoms with Gasteiger partial charge in [-0.2, -0.15) is 4.31 Å². The van der Waals surface area contributed by atoms with E-state index in [2.05, 4.69) is 11.9 Å². The van der Waals surface area contributed by atoms with Crippen LogP contribution >= 0.6 is 11.3 Å². The number of hydrogen-bond donors (Lipinski definition) is 2. The first-order valence-electron chi connectivity index (χ1n) is 6.62. The molecule has 5 nitrogen and oxygen atoms in total. The summed E-state index contributed by atoms with van der Waals surface area (Å²) < 4.78 is 26.4. The Hall–Kier alpha value is -0.730. The van der Waals surface area contributed by atoms with Gasteiger partial charge in [-0.05, 0) is 25.0 Å². The third-order valence-electron chi connectivity index (χ3n) is 3.06. The minimum absolute atomic E-state index is 0.0852. The summed E-state index contributed by atoms with van der Waals surface area (Å²) in [6, 6.07) is 4.08. The molecular weight excluding hydrogens is 296 g/mol. The van der Waals surface area contributed by atoms with Gasteiger partial charge in [0.15, 0.2) is 0 Å². The highest BCUT2D eigenvalue weighted by Crippen LogP contribution is 2.26. The van der Waals surface area contributed by atoms with Gasteiger partial charge in [-0.25, -0.2) is 8.42 Å². The first-order chi connectivity index (χ1) is 9.57. The Morgan fingerprint density at radius 3 is 2.85 bits per heavy atom. The maximum atomic E-state index is 12.4. The Morgan fingerprint density at radius 2 is 2.25 bits per heavy atom. The van der Waals surface area contributed by atoms with Crippen LogP contribution in [-0.2, 0) is 16.6 Å². The number of rotatable bonds is 9. The highest BCUT2D eigenvalue weighted by Gasteiger charge is 2.25. The lowest BCUT2D eigenvalue weighted by atomic mass is 10.4. The van der Waals surface area contributed by atoms with Gasteiger partial charge in [0.2, 0.25) is 0 Å². The summed E-state index contributed by atoms with van der Waals surface area (Å²) in [5.74, 6) is 0. The van der Waals surface area contributed by atoms with Crippen LogP contribution in [0.15, 0.2) is 29.0 Å². The molecule has 0 spiro atoms. The molecule has 0 aliphatic heterocycles. The summed E-state index contributed by atoms with van der Waals surface area (Å²) in [6.45, 7) is 4.36. The molecule has 7 heteroatoms. The van der Waals surface area contributed by atoms with E-state index in [4.69, 9.17) is 5.11 Å². The van der Waals surface area contributed by atoms with E-state index >= 15 is 0 Å². The molecule has 0 aromatic carbocycles. The molecule has 1 fully saturated rings. The summed E-state index contributed by atoms with van der Waals surface area (Å²) in [4.78, 5) is 1.01. The number of hydrogen-bond acceptors (Lipinski definition) is 5. The van der Waals surface area contributed by atoms with Crippen molar-refractivity contribution in [3.8, 4) is 0 Å². The highest BCUT2D eigenvalue weighted by molar-refractivity contribution is 7.91. The largest absolute Gasteiger partial charge is 0.395 e. The third-order valence-corrected chi connectivity index (χ3v) is 6.47. The second kappa shape index (κ2) is 6.82. The molecule has 1 aliphatic carbocycles. The van der Waals surface area contributed by atoms with Crippen molar-refractivity contribution >= 4 is 21.4 Å². The van der Waals surface area contributed by atoms with Crippen LogP contribution in [0.1, 0.15) is 17.7 Å². The van der Waals surface area contributed by atoms with E-state index in [0.717, 1.165) is 4.88 Å². The molecule has 1 aromatic heterocycles. The molecule has 0 unspecified atom stereocenters. The Morgan fingerprint density at radius 1 is 1.50 bits per heavy atom. The first-order valence-corrected chi connectivity index (χ1v) is 8.87. The maximum Gasteiger partial charge on any atom is 0.252 e. The Balaban J connectivity index is 2.08. The summed E-state index contributed by atoms with van der Waals surface area (Å²) in [6.07, 6.45) is 3.94. The number of sulfonamides is 1.